The van der Waals surface area contributed by atoms with Crippen molar-refractivity contribution in [1.29, 1.82) is 0 Å². The van der Waals surface area contributed by atoms with Gasteiger partial charge in [-0.3, -0.25) is 9.59 Å². The van der Waals surface area contributed by atoms with Gasteiger partial charge in [-0.05, 0) is 49.7 Å². The molecule has 2 aromatic rings. The molecule has 1 saturated heterocycles. The molecule has 0 aromatic heterocycles. The number of carbonyl (C=O) groups excluding carboxylic acids is 2. The lowest BCUT2D eigenvalue weighted by atomic mass is 10.1. The van der Waals surface area contributed by atoms with E-state index < -0.39 is 0 Å². The van der Waals surface area contributed by atoms with E-state index in [0.717, 1.165) is 25.2 Å². The molecule has 2 aromatic carbocycles. The highest BCUT2D eigenvalue weighted by atomic mass is 16.2. The summed E-state index contributed by atoms with van der Waals surface area (Å²) in [5.74, 6) is -0.288. The molecule has 0 bridgehead atoms. The predicted molar refractivity (Wildman–Crippen MR) is 103 cm³/mol. The molecule has 2 N–H and O–H groups in total. The Hall–Kier alpha value is -2.66. The van der Waals surface area contributed by atoms with Gasteiger partial charge in [-0.25, -0.2) is 0 Å². The standard InChI is InChI=1S/C21H25N3O2/c1-16(25)22-19-11-7-10-18(14-19)21(26)23-20(15-24-12-5-6-13-24)17-8-3-2-4-9-17/h2-4,7-11,14,20H,5-6,12-13,15H2,1H3,(H,22,25)(H,23,26). The molecule has 0 spiro atoms. The summed E-state index contributed by atoms with van der Waals surface area (Å²) in [5.41, 5.74) is 2.27. The third kappa shape index (κ3) is 4.92. The zero-order valence-corrected chi connectivity index (χ0v) is 15.1. The van der Waals surface area contributed by atoms with Gasteiger partial charge in [0.1, 0.15) is 0 Å². The van der Waals surface area contributed by atoms with Gasteiger partial charge >= 0.3 is 0 Å². The fourth-order valence-electron chi connectivity index (χ4n) is 3.33. The lowest BCUT2D eigenvalue weighted by Gasteiger charge is -2.25. The summed E-state index contributed by atoms with van der Waals surface area (Å²) in [7, 11) is 0. The van der Waals surface area contributed by atoms with Crippen LogP contribution in [0.4, 0.5) is 5.69 Å². The number of nitrogens with zero attached hydrogens (tertiary/aromatic N) is 1. The van der Waals surface area contributed by atoms with Gasteiger partial charge in [-0.1, -0.05) is 36.4 Å². The lowest BCUT2D eigenvalue weighted by Crippen LogP contribution is -2.37. The van der Waals surface area contributed by atoms with Crippen LogP contribution < -0.4 is 10.6 Å². The molecule has 3 rings (SSSR count). The van der Waals surface area contributed by atoms with Crippen molar-refractivity contribution in [2.75, 3.05) is 25.0 Å². The topological polar surface area (TPSA) is 61.4 Å². The molecule has 1 aliphatic rings. The van der Waals surface area contributed by atoms with Crippen LogP contribution in [0.2, 0.25) is 0 Å². The second-order valence-corrected chi connectivity index (χ2v) is 6.71. The van der Waals surface area contributed by atoms with Crippen LogP contribution in [-0.2, 0) is 4.79 Å². The predicted octanol–water partition coefficient (Wildman–Crippen LogP) is 3.21. The van der Waals surface area contributed by atoms with Gasteiger partial charge < -0.3 is 15.5 Å². The average Bonchev–Trinajstić information content (AvgIpc) is 3.14. The van der Waals surface area contributed by atoms with Gasteiger partial charge in [-0.15, -0.1) is 0 Å². The fourth-order valence-corrected chi connectivity index (χ4v) is 3.33. The first-order chi connectivity index (χ1) is 12.6. The molecule has 136 valence electrons. The van der Waals surface area contributed by atoms with Crippen LogP contribution in [0.25, 0.3) is 0 Å². The Kier molecular flexibility index (Phi) is 6.02. The number of hydrogen-bond donors (Lipinski definition) is 2. The van der Waals surface area contributed by atoms with Crippen LogP contribution in [0.15, 0.2) is 54.6 Å². The van der Waals surface area contributed by atoms with Crippen LogP contribution in [0.1, 0.15) is 41.7 Å². The molecular weight excluding hydrogens is 326 g/mol. The van der Waals surface area contributed by atoms with Gasteiger partial charge in [0.15, 0.2) is 0 Å². The summed E-state index contributed by atoms with van der Waals surface area (Å²) in [4.78, 5) is 26.4. The van der Waals surface area contributed by atoms with E-state index in [1.165, 1.54) is 19.8 Å². The Morgan fingerprint density at radius 1 is 1.04 bits per heavy atom. The van der Waals surface area contributed by atoms with E-state index in [0.29, 0.717) is 11.3 Å². The van der Waals surface area contributed by atoms with Crippen molar-refractivity contribution in [3.05, 3.63) is 65.7 Å². The van der Waals surface area contributed by atoms with Crippen LogP contribution in [0.5, 0.6) is 0 Å². The van der Waals surface area contributed by atoms with Crippen LogP contribution in [-0.4, -0.2) is 36.3 Å². The van der Waals surface area contributed by atoms with Crippen molar-refractivity contribution < 1.29 is 9.59 Å². The van der Waals surface area contributed by atoms with Gasteiger partial charge in [0.25, 0.3) is 5.91 Å². The van der Waals surface area contributed by atoms with E-state index in [-0.39, 0.29) is 17.9 Å². The lowest BCUT2D eigenvalue weighted by molar-refractivity contribution is -0.114. The van der Waals surface area contributed by atoms with Crippen molar-refractivity contribution >= 4 is 17.5 Å². The molecule has 1 fully saturated rings. The normalized spacial score (nSPS) is 15.4. The number of nitrogens with one attached hydrogen (secondary N) is 2. The maximum Gasteiger partial charge on any atom is 0.251 e. The summed E-state index contributed by atoms with van der Waals surface area (Å²) >= 11 is 0. The highest BCUT2D eigenvalue weighted by Crippen LogP contribution is 2.19. The minimum atomic E-state index is -0.154. The molecule has 0 radical (unpaired) electrons. The van der Waals surface area contributed by atoms with Crippen LogP contribution >= 0.6 is 0 Å². The largest absolute Gasteiger partial charge is 0.344 e. The fraction of sp³-hybridized carbons (Fsp3) is 0.333. The first-order valence-corrected chi connectivity index (χ1v) is 9.07. The Bertz CT molecular complexity index is 755. The van der Waals surface area contributed by atoms with Crippen molar-refractivity contribution in [2.45, 2.75) is 25.8 Å². The molecule has 1 atom stereocenters. The Labute approximate surface area is 154 Å². The molecule has 0 saturated carbocycles. The van der Waals surface area contributed by atoms with Gasteiger partial charge in [-0.2, -0.15) is 0 Å². The minimum absolute atomic E-state index is 0.0637. The van der Waals surface area contributed by atoms with Crippen LogP contribution in [0, 0.1) is 0 Å². The molecule has 26 heavy (non-hydrogen) atoms. The molecule has 5 nitrogen and oxygen atoms in total. The quantitative estimate of drug-likeness (QED) is 0.840. The molecule has 5 heteroatoms. The SMILES string of the molecule is CC(=O)Nc1cccc(C(=O)NC(CN2CCCC2)c2ccccc2)c1. The maximum atomic E-state index is 12.8. The summed E-state index contributed by atoms with van der Waals surface area (Å²) in [6, 6.07) is 17.0. The molecule has 1 unspecified atom stereocenters. The number of likely N-dealkylation sites (tertiary alicyclic amines) is 1. The van der Waals surface area contributed by atoms with E-state index >= 15 is 0 Å². The minimum Gasteiger partial charge on any atom is -0.344 e. The van der Waals surface area contributed by atoms with E-state index in [1.807, 2.05) is 18.2 Å². The van der Waals surface area contributed by atoms with Crippen molar-refractivity contribution in [3.63, 3.8) is 0 Å². The van der Waals surface area contributed by atoms with Crippen LogP contribution in [0.3, 0.4) is 0 Å². The number of hydrogen-bond acceptors (Lipinski definition) is 3. The third-order valence-electron chi connectivity index (χ3n) is 4.59. The Balaban J connectivity index is 1.75. The first-order valence-electron chi connectivity index (χ1n) is 9.07. The second kappa shape index (κ2) is 8.63. The Morgan fingerprint density at radius 3 is 2.46 bits per heavy atom. The summed E-state index contributed by atoms with van der Waals surface area (Å²) in [5, 5.41) is 5.88. The van der Waals surface area contributed by atoms with Gasteiger partial charge in [0.2, 0.25) is 5.91 Å². The number of rotatable bonds is 6. The highest BCUT2D eigenvalue weighted by Gasteiger charge is 2.21. The summed E-state index contributed by atoms with van der Waals surface area (Å²) in [6.45, 7) is 4.42. The number of benzene rings is 2. The van der Waals surface area contributed by atoms with Crippen molar-refractivity contribution in [3.8, 4) is 0 Å². The van der Waals surface area contributed by atoms with E-state index in [9.17, 15) is 9.59 Å². The average molecular weight is 351 g/mol. The zero-order valence-electron chi connectivity index (χ0n) is 15.1. The van der Waals surface area contributed by atoms with E-state index in [4.69, 9.17) is 0 Å². The molecule has 2 amide bonds. The highest BCUT2D eigenvalue weighted by molar-refractivity contribution is 5.97. The Morgan fingerprint density at radius 2 is 1.77 bits per heavy atom. The molecular formula is C21H25N3O2. The summed E-state index contributed by atoms with van der Waals surface area (Å²) in [6.07, 6.45) is 2.43. The van der Waals surface area contributed by atoms with E-state index in [1.54, 1.807) is 24.3 Å². The first kappa shape index (κ1) is 18.1. The zero-order chi connectivity index (χ0) is 18.4. The third-order valence-corrected chi connectivity index (χ3v) is 4.59. The molecule has 1 aliphatic heterocycles. The number of amides is 2. The maximum absolute atomic E-state index is 12.8. The molecule has 1 heterocycles. The monoisotopic (exact) mass is 351 g/mol. The van der Waals surface area contributed by atoms with E-state index in [2.05, 4.69) is 27.7 Å². The molecule has 0 aliphatic carbocycles. The van der Waals surface area contributed by atoms with Gasteiger partial charge in [0, 0.05) is 24.7 Å². The van der Waals surface area contributed by atoms with Crippen molar-refractivity contribution in [1.82, 2.24) is 10.2 Å². The summed E-state index contributed by atoms with van der Waals surface area (Å²) < 4.78 is 0. The second-order valence-electron chi connectivity index (χ2n) is 6.71. The number of carbonyl (C=O) groups is 2. The van der Waals surface area contributed by atoms with Crippen molar-refractivity contribution in [2.24, 2.45) is 0 Å². The number of anilines is 1. The van der Waals surface area contributed by atoms with Gasteiger partial charge in [0.05, 0.1) is 6.04 Å². The smallest absolute Gasteiger partial charge is 0.251 e.